The summed E-state index contributed by atoms with van der Waals surface area (Å²) in [4.78, 5) is 29.2. The van der Waals surface area contributed by atoms with Crippen LogP contribution in [0.15, 0.2) is 72.9 Å². The van der Waals surface area contributed by atoms with Crippen LogP contribution >= 0.6 is 11.6 Å². The third kappa shape index (κ3) is 4.65. The minimum absolute atomic E-state index is 0.236. The number of fused-ring (bicyclic) bond motifs is 1. The minimum atomic E-state index is -0.914. The maximum absolute atomic E-state index is 13.9. The first-order valence-corrected chi connectivity index (χ1v) is 10.5. The van der Waals surface area contributed by atoms with Crippen molar-refractivity contribution in [1.29, 1.82) is 0 Å². The number of anilines is 1. The van der Waals surface area contributed by atoms with Crippen LogP contribution in [-0.4, -0.2) is 22.8 Å². The number of hydrogen-bond donors (Lipinski definition) is 3. The van der Waals surface area contributed by atoms with E-state index in [1.165, 1.54) is 6.07 Å². The summed E-state index contributed by atoms with van der Waals surface area (Å²) in [7, 11) is 0. The van der Waals surface area contributed by atoms with Gasteiger partial charge in [-0.25, -0.2) is 4.39 Å². The topological polar surface area (TPSA) is 74.0 Å². The Bertz CT molecular complexity index is 1300. The van der Waals surface area contributed by atoms with Crippen LogP contribution in [-0.2, 0) is 11.2 Å². The molecule has 32 heavy (non-hydrogen) atoms. The number of carbonyl (C=O) groups is 2. The van der Waals surface area contributed by atoms with E-state index in [0.29, 0.717) is 11.3 Å². The molecular formula is C25H21ClFN3O2. The van der Waals surface area contributed by atoms with Crippen molar-refractivity contribution in [2.45, 2.75) is 19.4 Å². The van der Waals surface area contributed by atoms with Crippen molar-refractivity contribution in [1.82, 2.24) is 10.3 Å². The Morgan fingerprint density at radius 2 is 1.81 bits per heavy atom. The lowest BCUT2D eigenvalue weighted by Crippen LogP contribution is -2.45. The maximum Gasteiger partial charge on any atom is 0.253 e. The second-order valence-corrected chi connectivity index (χ2v) is 7.93. The first kappa shape index (κ1) is 21.6. The van der Waals surface area contributed by atoms with Gasteiger partial charge in [0.05, 0.1) is 10.6 Å². The quantitative estimate of drug-likeness (QED) is 0.376. The molecule has 5 nitrogen and oxygen atoms in total. The molecule has 162 valence electrons. The maximum atomic E-state index is 13.9. The van der Waals surface area contributed by atoms with Gasteiger partial charge >= 0.3 is 0 Å². The van der Waals surface area contributed by atoms with Gasteiger partial charge in [-0.3, -0.25) is 9.59 Å². The van der Waals surface area contributed by atoms with Crippen LogP contribution < -0.4 is 10.6 Å². The van der Waals surface area contributed by atoms with E-state index in [-0.39, 0.29) is 17.0 Å². The summed E-state index contributed by atoms with van der Waals surface area (Å²) in [6.07, 6.45) is 2.05. The fourth-order valence-electron chi connectivity index (χ4n) is 3.51. The largest absolute Gasteiger partial charge is 0.361 e. The molecule has 0 aliphatic carbocycles. The van der Waals surface area contributed by atoms with E-state index < -0.39 is 23.7 Å². The van der Waals surface area contributed by atoms with Gasteiger partial charge in [-0.05, 0) is 48.4 Å². The van der Waals surface area contributed by atoms with Crippen LogP contribution in [0, 0.1) is 12.7 Å². The van der Waals surface area contributed by atoms with Crippen molar-refractivity contribution in [2.75, 3.05) is 5.32 Å². The number of aryl methyl sites for hydroxylation is 1. The summed E-state index contributed by atoms with van der Waals surface area (Å²) >= 11 is 6.16. The number of halogens is 2. The molecule has 1 heterocycles. The zero-order chi connectivity index (χ0) is 22.7. The lowest BCUT2D eigenvalue weighted by atomic mass is 10.0. The highest BCUT2D eigenvalue weighted by Crippen LogP contribution is 2.21. The zero-order valence-electron chi connectivity index (χ0n) is 17.3. The monoisotopic (exact) mass is 449 g/mol. The molecule has 0 saturated carbocycles. The Morgan fingerprint density at radius 3 is 2.59 bits per heavy atom. The van der Waals surface area contributed by atoms with E-state index in [0.717, 1.165) is 16.5 Å². The van der Waals surface area contributed by atoms with Gasteiger partial charge in [0.1, 0.15) is 11.9 Å². The number of benzene rings is 3. The first-order valence-electron chi connectivity index (χ1n) is 10.1. The van der Waals surface area contributed by atoms with E-state index in [9.17, 15) is 14.0 Å². The third-order valence-corrected chi connectivity index (χ3v) is 5.61. The molecule has 3 N–H and O–H groups in total. The van der Waals surface area contributed by atoms with Crippen LogP contribution in [0.5, 0.6) is 0 Å². The van der Waals surface area contributed by atoms with Crippen molar-refractivity contribution in [3.63, 3.8) is 0 Å². The molecular weight excluding hydrogens is 429 g/mol. The summed E-state index contributed by atoms with van der Waals surface area (Å²) in [6.45, 7) is 1.64. The second-order valence-electron chi connectivity index (χ2n) is 7.52. The van der Waals surface area contributed by atoms with Gasteiger partial charge in [0, 0.05) is 29.2 Å². The lowest BCUT2D eigenvalue weighted by molar-refractivity contribution is -0.118. The van der Waals surface area contributed by atoms with Gasteiger partial charge in [0.25, 0.3) is 5.91 Å². The van der Waals surface area contributed by atoms with Gasteiger partial charge in [0.2, 0.25) is 5.91 Å². The first-order chi connectivity index (χ1) is 15.4. The van der Waals surface area contributed by atoms with Gasteiger partial charge in [0.15, 0.2) is 0 Å². The van der Waals surface area contributed by atoms with Crippen LogP contribution in [0.2, 0.25) is 5.02 Å². The van der Waals surface area contributed by atoms with Crippen molar-refractivity contribution >= 4 is 40.0 Å². The molecule has 2 amide bonds. The number of nitrogens with one attached hydrogen (secondary N) is 3. The summed E-state index contributed by atoms with van der Waals surface area (Å²) in [5.74, 6) is -1.35. The van der Waals surface area contributed by atoms with Gasteiger partial charge in [-0.2, -0.15) is 0 Å². The Hall–Kier alpha value is -3.64. The Morgan fingerprint density at radius 1 is 1.06 bits per heavy atom. The van der Waals surface area contributed by atoms with Gasteiger partial charge in [-0.15, -0.1) is 0 Å². The smallest absolute Gasteiger partial charge is 0.253 e. The summed E-state index contributed by atoms with van der Waals surface area (Å²) in [5, 5.41) is 6.73. The number of amides is 2. The molecule has 0 bridgehead atoms. The number of aromatic nitrogens is 1. The van der Waals surface area contributed by atoms with Gasteiger partial charge < -0.3 is 15.6 Å². The van der Waals surface area contributed by atoms with E-state index in [4.69, 9.17) is 11.6 Å². The molecule has 0 spiro atoms. The van der Waals surface area contributed by atoms with Crippen molar-refractivity contribution < 1.29 is 14.0 Å². The predicted octanol–water partition coefficient (Wildman–Crippen LogP) is 5.25. The van der Waals surface area contributed by atoms with Crippen molar-refractivity contribution in [3.05, 3.63) is 100 Å². The third-order valence-electron chi connectivity index (χ3n) is 5.28. The Balaban J connectivity index is 1.62. The predicted molar refractivity (Wildman–Crippen MR) is 124 cm³/mol. The zero-order valence-corrected chi connectivity index (χ0v) is 18.0. The van der Waals surface area contributed by atoms with E-state index >= 15 is 0 Å². The number of aromatic amines is 1. The molecule has 7 heteroatoms. The van der Waals surface area contributed by atoms with E-state index in [2.05, 4.69) is 15.6 Å². The molecule has 0 aliphatic rings. The standard InChI is InChI=1S/C25H21ClFN3O2/c1-15-10-11-17(13-21(15)27)29-25(32)23(30-24(31)19-7-2-4-8-20(19)26)12-16-14-28-22-9-5-3-6-18(16)22/h2-11,13-14,23,28H,12H2,1H3,(H,29,32)(H,30,31). The van der Waals surface area contributed by atoms with Crippen LogP contribution in [0.4, 0.5) is 10.1 Å². The molecule has 1 unspecified atom stereocenters. The number of rotatable bonds is 6. The summed E-state index contributed by atoms with van der Waals surface area (Å²) in [5.41, 5.74) is 2.86. The SMILES string of the molecule is Cc1ccc(NC(=O)C(Cc2c[nH]c3ccccc23)NC(=O)c2ccccc2Cl)cc1F. The fourth-order valence-corrected chi connectivity index (χ4v) is 3.73. The highest BCUT2D eigenvalue weighted by atomic mass is 35.5. The molecule has 3 aromatic carbocycles. The molecule has 1 aromatic heterocycles. The molecule has 4 aromatic rings. The fraction of sp³-hybridized carbons (Fsp3) is 0.120. The van der Waals surface area contributed by atoms with Crippen LogP contribution in [0.1, 0.15) is 21.5 Å². The average Bonchev–Trinajstić information content (AvgIpc) is 3.19. The molecule has 0 aliphatic heterocycles. The Kier molecular flexibility index (Phi) is 6.23. The highest BCUT2D eigenvalue weighted by Gasteiger charge is 2.24. The molecule has 0 saturated heterocycles. The van der Waals surface area contributed by atoms with Crippen molar-refractivity contribution in [2.24, 2.45) is 0 Å². The molecule has 0 radical (unpaired) electrons. The molecule has 4 rings (SSSR count). The summed E-state index contributed by atoms with van der Waals surface area (Å²) < 4.78 is 13.9. The summed E-state index contributed by atoms with van der Waals surface area (Å²) in [6, 6.07) is 17.9. The van der Waals surface area contributed by atoms with Gasteiger partial charge in [-0.1, -0.05) is 48.0 Å². The second kappa shape index (κ2) is 9.24. The van der Waals surface area contributed by atoms with Crippen molar-refractivity contribution in [3.8, 4) is 0 Å². The molecule has 0 fully saturated rings. The lowest BCUT2D eigenvalue weighted by Gasteiger charge is -2.19. The number of carbonyl (C=O) groups excluding carboxylic acids is 2. The highest BCUT2D eigenvalue weighted by molar-refractivity contribution is 6.33. The van der Waals surface area contributed by atoms with E-state index in [1.807, 2.05) is 30.5 Å². The molecule has 1 atom stereocenters. The van der Waals surface area contributed by atoms with Crippen LogP contribution in [0.3, 0.4) is 0 Å². The normalized spacial score (nSPS) is 11.8. The number of para-hydroxylation sites is 1. The van der Waals surface area contributed by atoms with Crippen LogP contribution in [0.25, 0.3) is 10.9 Å². The number of hydrogen-bond acceptors (Lipinski definition) is 2. The Labute approximate surface area is 189 Å². The van der Waals surface area contributed by atoms with E-state index in [1.54, 1.807) is 43.3 Å². The minimum Gasteiger partial charge on any atom is -0.361 e. The number of H-pyrrole nitrogens is 1. The average molecular weight is 450 g/mol.